The maximum atomic E-state index is 15.1. The summed E-state index contributed by atoms with van der Waals surface area (Å²) in [5.41, 5.74) is 5.24. The minimum absolute atomic E-state index is 0.0593. The second-order valence-electron chi connectivity index (χ2n) is 17.2. The topological polar surface area (TPSA) is 125 Å². The van der Waals surface area contributed by atoms with Gasteiger partial charge >= 0.3 is 0 Å². The molecule has 10 nitrogen and oxygen atoms in total. The standard InChI is InChI=1S/C50H46F2N6O4S2/c51-37-23-39(57(27-37)49(61)43(33-7-3-1-4-8-33)55-45(59)35-19-20-35)47-53-25-41(63-47)31-15-11-29(12-16-31)30-13-17-32(18-14-30)42-26-54-48(64-42)40-24-38(52)28-58(40)50(62)44(34-9-5-2-6-10-34)56-46(60)36-21-22-36/h1-18,25-26,35-40,43-44H,19-24,27-28H2,(H,55,59)(H,56,60). The van der Waals surface area contributed by atoms with Crippen LogP contribution in [0.2, 0.25) is 0 Å². The maximum Gasteiger partial charge on any atom is 0.250 e. The van der Waals surface area contributed by atoms with E-state index in [1.165, 1.54) is 22.7 Å². The van der Waals surface area contributed by atoms with Crippen molar-refractivity contribution in [1.82, 2.24) is 30.4 Å². The number of rotatable bonds is 13. The molecule has 2 N–H and O–H groups in total. The summed E-state index contributed by atoms with van der Waals surface area (Å²) < 4.78 is 30.2. The predicted octanol–water partition coefficient (Wildman–Crippen LogP) is 9.36. The summed E-state index contributed by atoms with van der Waals surface area (Å²) in [6.45, 7) is -0.119. The van der Waals surface area contributed by atoms with Crippen LogP contribution in [0.4, 0.5) is 8.78 Å². The number of nitrogens with zero attached hydrogens (tertiary/aromatic N) is 4. The van der Waals surface area contributed by atoms with E-state index >= 15 is 8.78 Å². The fraction of sp³-hybridized carbons (Fsp3) is 0.320. The molecular formula is C50H46F2N6O4S2. The second kappa shape index (κ2) is 17.8. The zero-order valence-corrected chi connectivity index (χ0v) is 36.4. The summed E-state index contributed by atoms with van der Waals surface area (Å²) in [5.74, 6) is -1.12. The minimum Gasteiger partial charge on any atom is -0.340 e. The van der Waals surface area contributed by atoms with Crippen LogP contribution in [0.3, 0.4) is 0 Å². The molecular weight excluding hydrogens is 851 g/mol. The van der Waals surface area contributed by atoms with Crippen molar-refractivity contribution < 1.29 is 28.0 Å². The zero-order valence-electron chi connectivity index (χ0n) is 34.8. The second-order valence-corrected chi connectivity index (χ2v) is 19.3. The highest BCUT2D eigenvalue weighted by molar-refractivity contribution is 7.15. The van der Waals surface area contributed by atoms with Gasteiger partial charge in [-0.25, -0.2) is 18.7 Å². The van der Waals surface area contributed by atoms with Gasteiger partial charge in [0.25, 0.3) is 11.8 Å². The Hall–Kier alpha value is -6.12. The quantitative estimate of drug-likeness (QED) is 0.119. The number of benzene rings is 4. The molecule has 4 heterocycles. The molecule has 2 saturated heterocycles. The Bertz CT molecular complexity index is 2470. The van der Waals surface area contributed by atoms with Crippen molar-refractivity contribution in [2.24, 2.45) is 11.8 Å². The van der Waals surface area contributed by atoms with Crippen LogP contribution in [0.25, 0.3) is 32.0 Å². The van der Waals surface area contributed by atoms with E-state index in [4.69, 9.17) is 0 Å². The van der Waals surface area contributed by atoms with Crippen LogP contribution >= 0.6 is 22.7 Å². The molecule has 4 aromatic carbocycles. The van der Waals surface area contributed by atoms with Crippen molar-refractivity contribution in [3.05, 3.63) is 143 Å². The average Bonchev–Trinajstić information content (AvgIpc) is 4.16. The number of carbonyl (C=O) groups is 4. The SMILES string of the molecule is O=C(NC(C(=O)N1CC(F)CC1c1ncc(-c2ccc(-c3ccc(-c4cnc(C5CC(F)CN5C(=O)C(NC(=O)C5CC5)c5ccccc5)s4)cc3)cc2)s1)c1ccccc1)C1CC1. The molecule has 14 heteroatoms. The third-order valence-electron chi connectivity index (χ3n) is 12.6. The van der Waals surface area contributed by atoms with Crippen LogP contribution in [0.1, 0.15) is 83.8 Å². The number of hydrogen-bond acceptors (Lipinski definition) is 8. The predicted molar refractivity (Wildman–Crippen MR) is 242 cm³/mol. The fourth-order valence-electron chi connectivity index (χ4n) is 8.74. The summed E-state index contributed by atoms with van der Waals surface area (Å²) in [6, 6.07) is 31.6. The third-order valence-corrected chi connectivity index (χ3v) is 14.9. The normalized spacial score (nSPS) is 21.7. The van der Waals surface area contributed by atoms with Gasteiger partial charge in [-0.1, -0.05) is 109 Å². The number of amides is 4. The van der Waals surface area contributed by atoms with Gasteiger partial charge in [-0.3, -0.25) is 19.2 Å². The van der Waals surface area contributed by atoms with Crippen molar-refractivity contribution in [2.45, 2.75) is 75.0 Å². The molecule has 4 aliphatic rings. The van der Waals surface area contributed by atoms with Crippen LogP contribution < -0.4 is 10.6 Å². The van der Waals surface area contributed by atoms with Gasteiger partial charge in [-0.15, -0.1) is 22.7 Å². The van der Waals surface area contributed by atoms with Crippen molar-refractivity contribution in [3.8, 4) is 32.0 Å². The molecule has 6 aromatic rings. The Morgan fingerprint density at radius 1 is 0.531 bits per heavy atom. The highest BCUT2D eigenvalue weighted by Crippen LogP contribution is 2.42. The van der Waals surface area contributed by atoms with E-state index < -0.39 is 36.5 Å². The van der Waals surface area contributed by atoms with Crippen molar-refractivity contribution in [2.75, 3.05) is 13.1 Å². The summed E-state index contributed by atoms with van der Waals surface area (Å²) >= 11 is 2.88. The fourth-order valence-corrected chi connectivity index (χ4v) is 10.8. The van der Waals surface area contributed by atoms with Crippen molar-refractivity contribution >= 4 is 46.3 Å². The highest BCUT2D eigenvalue weighted by Gasteiger charge is 2.44. The van der Waals surface area contributed by atoms with Gasteiger partial charge in [-0.05, 0) is 59.1 Å². The lowest BCUT2D eigenvalue weighted by Crippen LogP contribution is -2.43. The minimum atomic E-state index is -1.20. The number of hydrogen-bond donors (Lipinski definition) is 2. The first-order chi connectivity index (χ1) is 31.2. The highest BCUT2D eigenvalue weighted by atomic mass is 32.1. The Morgan fingerprint density at radius 3 is 1.25 bits per heavy atom. The van der Waals surface area contributed by atoms with Crippen LogP contribution in [0.5, 0.6) is 0 Å². The molecule has 2 aliphatic heterocycles. The molecule has 2 aliphatic carbocycles. The van der Waals surface area contributed by atoms with Gasteiger partial charge < -0.3 is 20.4 Å². The largest absolute Gasteiger partial charge is 0.340 e. The van der Waals surface area contributed by atoms with Gasteiger partial charge in [0.2, 0.25) is 11.8 Å². The average molecular weight is 897 g/mol. The number of likely N-dealkylation sites (tertiary alicyclic amines) is 2. The summed E-state index contributed by atoms with van der Waals surface area (Å²) in [6.07, 6.45) is 4.65. The first-order valence-electron chi connectivity index (χ1n) is 21.9. The van der Waals surface area contributed by atoms with Crippen molar-refractivity contribution in [3.63, 3.8) is 0 Å². The molecule has 2 saturated carbocycles. The monoisotopic (exact) mass is 896 g/mol. The molecule has 0 spiro atoms. The van der Waals surface area contributed by atoms with E-state index in [1.807, 2.05) is 109 Å². The Balaban J connectivity index is 0.811. The molecule has 0 bridgehead atoms. The van der Waals surface area contributed by atoms with E-state index in [-0.39, 0.29) is 61.4 Å². The third kappa shape index (κ3) is 8.85. The van der Waals surface area contributed by atoms with E-state index in [0.717, 1.165) is 57.7 Å². The van der Waals surface area contributed by atoms with E-state index in [0.29, 0.717) is 21.1 Å². The Kier molecular flexibility index (Phi) is 11.6. The molecule has 4 fully saturated rings. The lowest BCUT2D eigenvalue weighted by atomic mass is 10.0. The van der Waals surface area contributed by atoms with Gasteiger partial charge in [-0.2, -0.15) is 0 Å². The number of aromatic nitrogens is 2. The lowest BCUT2D eigenvalue weighted by Gasteiger charge is -2.28. The summed E-state index contributed by atoms with van der Waals surface area (Å²) in [4.78, 5) is 68.1. The van der Waals surface area contributed by atoms with Crippen molar-refractivity contribution in [1.29, 1.82) is 0 Å². The first kappa shape index (κ1) is 41.9. The number of nitrogens with one attached hydrogen (secondary N) is 2. The molecule has 6 atom stereocenters. The Morgan fingerprint density at radius 2 is 0.891 bits per heavy atom. The van der Waals surface area contributed by atoms with Crippen LogP contribution in [-0.2, 0) is 19.2 Å². The lowest BCUT2D eigenvalue weighted by molar-refractivity contribution is -0.138. The smallest absolute Gasteiger partial charge is 0.250 e. The number of alkyl halides is 2. The zero-order chi connectivity index (χ0) is 43.9. The van der Waals surface area contributed by atoms with Gasteiger partial charge in [0.1, 0.15) is 34.4 Å². The molecule has 0 radical (unpaired) electrons. The molecule has 326 valence electrons. The van der Waals surface area contributed by atoms with E-state index in [2.05, 4.69) is 20.6 Å². The maximum absolute atomic E-state index is 15.1. The van der Waals surface area contributed by atoms with E-state index in [9.17, 15) is 19.2 Å². The molecule has 10 rings (SSSR count). The van der Waals surface area contributed by atoms with Crippen LogP contribution in [0.15, 0.2) is 122 Å². The summed E-state index contributed by atoms with van der Waals surface area (Å²) in [7, 11) is 0. The summed E-state index contributed by atoms with van der Waals surface area (Å²) in [5, 5.41) is 7.20. The number of halogens is 2. The first-order valence-corrected chi connectivity index (χ1v) is 23.5. The number of thiazole rings is 2. The molecule has 6 unspecified atom stereocenters. The van der Waals surface area contributed by atoms with Crippen LogP contribution in [-0.4, -0.2) is 68.8 Å². The van der Waals surface area contributed by atoms with E-state index in [1.54, 1.807) is 22.2 Å². The molecule has 2 aromatic heterocycles. The number of carbonyl (C=O) groups excluding carboxylic acids is 4. The van der Waals surface area contributed by atoms with Gasteiger partial charge in [0, 0.05) is 37.1 Å². The Labute approximate surface area is 377 Å². The molecule has 64 heavy (non-hydrogen) atoms. The van der Waals surface area contributed by atoms with Crippen LogP contribution in [0, 0.1) is 11.8 Å². The van der Waals surface area contributed by atoms with Gasteiger partial charge in [0.15, 0.2) is 0 Å². The molecule has 4 amide bonds. The van der Waals surface area contributed by atoms with Gasteiger partial charge in [0.05, 0.1) is 34.9 Å².